The summed E-state index contributed by atoms with van der Waals surface area (Å²) in [6.07, 6.45) is 0. The van der Waals surface area contributed by atoms with E-state index in [1.807, 2.05) is 18.2 Å². The lowest BCUT2D eigenvalue weighted by Crippen LogP contribution is -2.46. The van der Waals surface area contributed by atoms with Crippen molar-refractivity contribution >= 4 is 28.9 Å². The highest BCUT2D eigenvalue weighted by molar-refractivity contribution is 7.80. The Morgan fingerprint density at radius 1 is 1.12 bits per heavy atom. The average Bonchev–Trinajstić information content (AvgIpc) is 2.55. The van der Waals surface area contributed by atoms with E-state index in [1.54, 1.807) is 37.3 Å². The van der Waals surface area contributed by atoms with Gasteiger partial charge in [0, 0.05) is 16.9 Å². The van der Waals surface area contributed by atoms with Crippen molar-refractivity contribution in [1.82, 2.24) is 10.6 Å². The number of amides is 1. The standard InChI is InChI=1S/C18H16FN3OS/c1-11-15(17(23)21-12-7-3-2-4-8-12)16(22-18(24)20-11)13-9-5-6-10-14(13)19/h2-10,16H,1H3,(H,21,23)(H2,20,22,24)/t16-/m0/s1. The van der Waals surface area contributed by atoms with Gasteiger partial charge in [-0.25, -0.2) is 4.39 Å². The number of halogens is 1. The molecule has 2 aromatic carbocycles. The van der Waals surface area contributed by atoms with Crippen LogP contribution in [0.5, 0.6) is 0 Å². The van der Waals surface area contributed by atoms with Gasteiger partial charge in [0.15, 0.2) is 5.11 Å². The molecule has 3 N–H and O–H groups in total. The molecule has 4 nitrogen and oxygen atoms in total. The third-order valence-electron chi connectivity index (χ3n) is 3.76. The Labute approximate surface area is 144 Å². The normalized spacial score (nSPS) is 17.1. The number of carbonyl (C=O) groups excluding carboxylic acids is 1. The molecule has 0 fully saturated rings. The van der Waals surface area contributed by atoms with Crippen LogP contribution in [0.15, 0.2) is 65.9 Å². The fraction of sp³-hybridized carbons (Fsp3) is 0.111. The van der Waals surface area contributed by atoms with Gasteiger partial charge >= 0.3 is 0 Å². The van der Waals surface area contributed by atoms with E-state index < -0.39 is 11.9 Å². The molecular weight excluding hydrogens is 325 g/mol. The van der Waals surface area contributed by atoms with Crippen LogP contribution >= 0.6 is 12.2 Å². The van der Waals surface area contributed by atoms with Gasteiger partial charge in [-0.1, -0.05) is 36.4 Å². The number of carbonyl (C=O) groups is 1. The molecule has 1 heterocycles. The van der Waals surface area contributed by atoms with E-state index in [0.29, 0.717) is 27.6 Å². The first-order valence-electron chi connectivity index (χ1n) is 7.45. The van der Waals surface area contributed by atoms with Crippen molar-refractivity contribution < 1.29 is 9.18 Å². The van der Waals surface area contributed by atoms with Crippen LogP contribution in [0.1, 0.15) is 18.5 Å². The maximum Gasteiger partial charge on any atom is 0.255 e. The minimum absolute atomic E-state index is 0.311. The predicted octanol–water partition coefficient (Wildman–Crippen LogP) is 3.26. The molecule has 2 aromatic rings. The molecule has 3 rings (SSSR count). The molecule has 0 spiro atoms. The first-order valence-corrected chi connectivity index (χ1v) is 7.86. The summed E-state index contributed by atoms with van der Waals surface area (Å²) >= 11 is 5.16. The first kappa shape index (κ1) is 16.1. The summed E-state index contributed by atoms with van der Waals surface area (Å²) in [6.45, 7) is 1.75. The van der Waals surface area contributed by atoms with Crippen LogP contribution in [0.3, 0.4) is 0 Å². The van der Waals surface area contributed by atoms with Gasteiger partial charge in [-0.2, -0.15) is 0 Å². The minimum Gasteiger partial charge on any atom is -0.351 e. The highest BCUT2D eigenvalue weighted by atomic mass is 32.1. The van der Waals surface area contributed by atoms with E-state index in [1.165, 1.54) is 6.07 Å². The molecule has 0 saturated heterocycles. The highest BCUT2D eigenvalue weighted by Crippen LogP contribution is 2.29. The molecule has 0 aromatic heterocycles. The number of benzene rings is 2. The monoisotopic (exact) mass is 341 g/mol. The number of nitrogens with one attached hydrogen (secondary N) is 3. The lowest BCUT2D eigenvalue weighted by atomic mass is 9.94. The number of hydrogen-bond acceptors (Lipinski definition) is 2. The van der Waals surface area contributed by atoms with E-state index in [4.69, 9.17) is 12.2 Å². The van der Waals surface area contributed by atoms with Gasteiger partial charge in [-0.15, -0.1) is 0 Å². The van der Waals surface area contributed by atoms with Crippen molar-refractivity contribution in [3.8, 4) is 0 Å². The van der Waals surface area contributed by atoms with Gasteiger partial charge in [0.05, 0.1) is 11.6 Å². The summed E-state index contributed by atoms with van der Waals surface area (Å²) in [7, 11) is 0. The summed E-state index contributed by atoms with van der Waals surface area (Å²) in [5.74, 6) is -0.702. The van der Waals surface area contributed by atoms with E-state index in [-0.39, 0.29) is 5.91 Å². The zero-order valence-electron chi connectivity index (χ0n) is 13.0. The molecule has 0 bridgehead atoms. The van der Waals surface area contributed by atoms with Crippen LogP contribution in [0.4, 0.5) is 10.1 Å². The van der Waals surface area contributed by atoms with Crippen LogP contribution in [0, 0.1) is 5.82 Å². The maximum absolute atomic E-state index is 14.2. The van der Waals surface area contributed by atoms with Crippen molar-refractivity contribution in [2.75, 3.05) is 5.32 Å². The number of anilines is 1. The zero-order valence-corrected chi connectivity index (χ0v) is 13.8. The lowest BCUT2D eigenvalue weighted by molar-refractivity contribution is -0.113. The van der Waals surface area contributed by atoms with Gasteiger partial charge in [-0.3, -0.25) is 4.79 Å². The third-order valence-corrected chi connectivity index (χ3v) is 3.98. The molecule has 1 aliphatic rings. The second-order valence-corrected chi connectivity index (χ2v) is 5.82. The number of allylic oxidation sites excluding steroid dienone is 1. The fourth-order valence-electron chi connectivity index (χ4n) is 2.66. The Morgan fingerprint density at radius 2 is 1.79 bits per heavy atom. The third kappa shape index (κ3) is 3.28. The molecule has 0 saturated carbocycles. The molecule has 0 unspecified atom stereocenters. The highest BCUT2D eigenvalue weighted by Gasteiger charge is 2.31. The predicted molar refractivity (Wildman–Crippen MR) is 95.8 cm³/mol. The molecule has 6 heteroatoms. The van der Waals surface area contributed by atoms with E-state index in [2.05, 4.69) is 16.0 Å². The van der Waals surface area contributed by atoms with E-state index >= 15 is 0 Å². The Kier molecular flexibility index (Phi) is 4.57. The SMILES string of the molecule is CC1=C(C(=O)Nc2ccccc2)[C@H](c2ccccc2F)NC(=S)N1. The smallest absolute Gasteiger partial charge is 0.255 e. The number of hydrogen-bond donors (Lipinski definition) is 3. The van der Waals surface area contributed by atoms with Crippen LogP contribution in [0.25, 0.3) is 0 Å². The number of para-hydroxylation sites is 1. The molecule has 1 aliphatic heterocycles. The van der Waals surface area contributed by atoms with Crippen molar-refractivity contribution in [3.05, 3.63) is 77.2 Å². The van der Waals surface area contributed by atoms with Gasteiger partial charge < -0.3 is 16.0 Å². The van der Waals surface area contributed by atoms with Gasteiger partial charge in [0.2, 0.25) is 0 Å². The van der Waals surface area contributed by atoms with Crippen LogP contribution < -0.4 is 16.0 Å². The van der Waals surface area contributed by atoms with Gasteiger partial charge in [-0.05, 0) is 37.3 Å². The van der Waals surface area contributed by atoms with Crippen LogP contribution in [-0.2, 0) is 4.79 Å². The molecular formula is C18H16FN3OS. The quantitative estimate of drug-likeness (QED) is 0.750. The zero-order chi connectivity index (χ0) is 17.1. The van der Waals surface area contributed by atoms with Crippen molar-refractivity contribution in [2.24, 2.45) is 0 Å². The summed E-state index contributed by atoms with van der Waals surface area (Å²) < 4.78 is 14.2. The fourth-order valence-corrected chi connectivity index (χ4v) is 2.93. The molecule has 0 radical (unpaired) electrons. The van der Waals surface area contributed by atoms with Gasteiger partial charge in [0.25, 0.3) is 5.91 Å². The second kappa shape index (κ2) is 6.80. The summed E-state index contributed by atoms with van der Waals surface area (Å²) in [4.78, 5) is 12.8. The van der Waals surface area contributed by atoms with Crippen molar-refractivity contribution in [3.63, 3.8) is 0 Å². The summed E-state index contributed by atoms with van der Waals surface area (Å²) in [5.41, 5.74) is 2.04. The molecule has 24 heavy (non-hydrogen) atoms. The first-order chi connectivity index (χ1) is 11.6. The number of rotatable bonds is 3. The Bertz CT molecular complexity index is 820. The Morgan fingerprint density at radius 3 is 2.50 bits per heavy atom. The topological polar surface area (TPSA) is 53.2 Å². The van der Waals surface area contributed by atoms with E-state index in [0.717, 1.165) is 0 Å². The van der Waals surface area contributed by atoms with Crippen LogP contribution in [0.2, 0.25) is 0 Å². The molecule has 122 valence electrons. The maximum atomic E-state index is 14.2. The second-order valence-electron chi connectivity index (χ2n) is 5.41. The van der Waals surface area contributed by atoms with Crippen molar-refractivity contribution in [1.29, 1.82) is 0 Å². The number of thiocarbonyl (C=S) groups is 1. The lowest BCUT2D eigenvalue weighted by Gasteiger charge is -2.30. The Balaban J connectivity index is 1.98. The van der Waals surface area contributed by atoms with Crippen molar-refractivity contribution in [2.45, 2.75) is 13.0 Å². The average molecular weight is 341 g/mol. The van der Waals surface area contributed by atoms with Gasteiger partial charge in [0.1, 0.15) is 5.82 Å². The van der Waals surface area contributed by atoms with E-state index in [9.17, 15) is 9.18 Å². The largest absolute Gasteiger partial charge is 0.351 e. The Hall–Kier alpha value is -2.73. The summed E-state index contributed by atoms with van der Waals surface area (Å²) in [6, 6.07) is 14.8. The molecule has 0 aliphatic carbocycles. The minimum atomic E-state index is -0.649. The van der Waals surface area contributed by atoms with Crippen LogP contribution in [-0.4, -0.2) is 11.0 Å². The summed E-state index contributed by atoms with van der Waals surface area (Å²) in [5, 5.41) is 9.11. The molecule has 1 amide bonds. The molecule has 1 atom stereocenters.